The van der Waals surface area contributed by atoms with Gasteiger partial charge in [-0.05, 0) is 30.7 Å². The lowest BCUT2D eigenvalue weighted by molar-refractivity contribution is 0.0691. The lowest BCUT2D eigenvalue weighted by atomic mass is 10.2. The SMILES string of the molecule is COCCCNCc1ccn2cc(C(=O)O)nc2c1. The Morgan fingerprint density at radius 3 is 3.16 bits per heavy atom. The Labute approximate surface area is 111 Å². The number of hydrogen-bond donors (Lipinski definition) is 2. The van der Waals surface area contributed by atoms with Gasteiger partial charge in [-0.2, -0.15) is 0 Å². The van der Waals surface area contributed by atoms with Crippen molar-refractivity contribution in [2.75, 3.05) is 20.3 Å². The highest BCUT2D eigenvalue weighted by Gasteiger charge is 2.08. The standard InChI is InChI=1S/C13H17N3O3/c1-19-6-2-4-14-8-10-3-5-16-9-11(13(17)18)15-12(16)7-10/h3,5,7,9,14H,2,4,6,8H2,1H3,(H,17,18). The zero-order chi connectivity index (χ0) is 13.7. The largest absolute Gasteiger partial charge is 0.476 e. The molecule has 2 aromatic heterocycles. The van der Waals surface area contributed by atoms with Gasteiger partial charge in [0.25, 0.3) is 0 Å². The molecule has 0 spiro atoms. The molecule has 0 fully saturated rings. The van der Waals surface area contributed by atoms with Crippen molar-refractivity contribution in [1.29, 1.82) is 0 Å². The smallest absolute Gasteiger partial charge is 0.356 e. The van der Waals surface area contributed by atoms with E-state index in [4.69, 9.17) is 9.84 Å². The zero-order valence-corrected chi connectivity index (χ0v) is 10.8. The number of aromatic nitrogens is 2. The van der Waals surface area contributed by atoms with Crippen molar-refractivity contribution in [2.24, 2.45) is 0 Å². The first-order valence-electron chi connectivity index (χ1n) is 6.11. The summed E-state index contributed by atoms with van der Waals surface area (Å²) in [5, 5.41) is 12.2. The summed E-state index contributed by atoms with van der Waals surface area (Å²) in [6.07, 6.45) is 4.29. The fourth-order valence-corrected chi connectivity index (χ4v) is 1.81. The Bertz CT molecular complexity index is 565. The number of hydrogen-bond acceptors (Lipinski definition) is 4. The lowest BCUT2D eigenvalue weighted by Gasteiger charge is -2.04. The summed E-state index contributed by atoms with van der Waals surface area (Å²) in [7, 11) is 1.69. The van der Waals surface area contributed by atoms with Crippen molar-refractivity contribution >= 4 is 11.6 Å². The molecule has 0 atom stereocenters. The van der Waals surface area contributed by atoms with Gasteiger partial charge in [0.05, 0.1) is 0 Å². The Morgan fingerprint density at radius 1 is 1.58 bits per heavy atom. The Morgan fingerprint density at radius 2 is 2.42 bits per heavy atom. The number of fused-ring (bicyclic) bond motifs is 1. The third kappa shape index (κ3) is 3.52. The second-order valence-electron chi connectivity index (χ2n) is 4.25. The van der Waals surface area contributed by atoms with Gasteiger partial charge < -0.3 is 19.6 Å². The predicted molar refractivity (Wildman–Crippen MR) is 70.4 cm³/mol. The highest BCUT2D eigenvalue weighted by Crippen LogP contribution is 2.08. The van der Waals surface area contributed by atoms with E-state index >= 15 is 0 Å². The maximum absolute atomic E-state index is 10.8. The number of carbonyl (C=O) groups is 1. The van der Waals surface area contributed by atoms with Crippen LogP contribution in [0.15, 0.2) is 24.5 Å². The average molecular weight is 263 g/mol. The molecule has 6 heteroatoms. The van der Waals surface area contributed by atoms with E-state index in [0.717, 1.165) is 31.7 Å². The van der Waals surface area contributed by atoms with Gasteiger partial charge in [-0.3, -0.25) is 0 Å². The number of aromatic carboxylic acids is 1. The van der Waals surface area contributed by atoms with Crippen molar-refractivity contribution in [3.8, 4) is 0 Å². The van der Waals surface area contributed by atoms with Crippen molar-refractivity contribution in [3.63, 3.8) is 0 Å². The second kappa shape index (κ2) is 6.31. The summed E-state index contributed by atoms with van der Waals surface area (Å²) in [5.41, 5.74) is 1.78. The van der Waals surface area contributed by atoms with Crippen LogP contribution in [0, 0.1) is 0 Å². The molecule has 2 aromatic rings. The van der Waals surface area contributed by atoms with Crippen LogP contribution >= 0.6 is 0 Å². The van der Waals surface area contributed by atoms with Crippen LogP contribution in [0.4, 0.5) is 0 Å². The predicted octanol–water partition coefficient (Wildman–Crippen LogP) is 1.16. The normalized spacial score (nSPS) is 11.0. The maximum atomic E-state index is 10.8. The fraction of sp³-hybridized carbons (Fsp3) is 0.385. The summed E-state index contributed by atoms with van der Waals surface area (Å²) in [4.78, 5) is 14.9. The Hall–Kier alpha value is -1.92. The van der Waals surface area contributed by atoms with E-state index in [9.17, 15) is 4.79 Å². The van der Waals surface area contributed by atoms with Crippen LogP contribution in [0.1, 0.15) is 22.5 Å². The van der Waals surface area contributed by atoms with E-state index in [0.29, 0.717) is 5.65 Å². The minimum absolute atomic E-state index is 0.0604. The average Bonchev–Trinajstić information content (AvgIpc) is 2.82. The molecule has 0 unspecified atom stereocenters. The molecule has 2 heterocycles. The van der Waals surface area contributed by atoms with Crippen molar-refractivity contribution in [1.82, 2.24) is 14.7 Å². The molecule has 0 radical (unpaired) electrons. The number of nitrogens with one attached hydrogen (secondary N) is 1. The van der Waals surface area contributed by atoms with Gasteiger partial charge in [0.2, 0.25) is 0 Å². The summed E-state index contributed by atoms with van der Waals surface area (Å²) >= 11 is 0. The summed E-state index contributed by atoms with van der Waals surface area (Å²) in [5.74, 6) is -1.01. The minimum Gasteiger partial charge on any atom is -0.476 e. The molecule has 102 valence electrons. The quantitative estimate of drug-likeness (QED) is 0.733. The molecule has 0 aliphatic carbocycles. The molecule has 2 rings (SSSR count). The van der Waals surface area contributed by atoms with Gasteiger partial charge in [-0.1, -0.05) is 0 Å². The summed E-state index contributed by atoms with van der Waals surface area (Å²) in [6.45, 7) is 2.36. The van der Waals surface area contributed by atoms with E-state index in [1.807, 2.05) is 18.3 Å². The van der Waals surface area contributed by atoms with Crippen LogP contribution in [0.25, 0.3) is 5.65 Å². The molecule has 0 bridgehead atoms. The van der Waals surface area contributed by atoms with Crippen molar-refractivity contribution in [2.45, 2.75) is 13.0 Å². The van der Waals surface area contributed by atoms with Gasteiger partial charge in [-0.15, -0.1) is 0 Å². The highest BCUT2D eigenvalue weighted by atomic mass is 16.5. The molecule has 0 aliphatic rings. The number of carboxylic acids is 1. The zero-order valence-electron chi connectivity index (χ0n) is 10.8. The monoisotopic (exact) mass is 263 g/mol. The molecule has 0 saturated carbocycles. The maximum Gasteiger partial charge on any atom is 0.356 e. The van der Waals surface area contributed by atoms with E-state index in [-0.39, 0.29) is 5.69 Å². The van der Waals surface area contributed by atoms with Crippen LogP contribution in [0.5, 0.6) is 0 Å². The molecule has 0 aliphatic heterocycles. The number of carboxylic acid groups (broad SMARTS) is 1. The number of methoxy groups -OCH3 is 1. The van der Waals surface area contributed by atoms with Crippen LogP contribution in [0.2, 0.25) is 0 Å². The first-order valence-corrected chi connectivity index (χ1v) is 6.11. The lowest BCUT2D eigenvalue weighted by Crippen LogP contribution is -2.16. The molecular weight excluding hydrogens is 246 g/mol. The molecular formula is C13H17N3O3. The summed E-state index contributed by atoms with van der Waals surface area (Å²) in [6, 6.07) is 3.83. The van der Waals surface area contributed by atoms with Gasteiger partial charge in [0.1, 0.15) is 5.65 Å². The van der Waals surface area contributed by atoms with Gasteiger partial charge in [0, 0.05) is 32.7 Å². The van der Waals surface area contributed by atoms with E-state index in [1.54, 1.807) is 11.5 Å². The highest BCUT2D eigenvalue weighted by molar-refractivity contribution is 5.86. The second-order valence-corrected chi connectivity index (χ2v) is 4.25. The van der Waals surface area contributed by atoms with Crippen molar-refractivity contribution < 1.29 is 14.6 Å². The molecule has 0 aromatic carbocycles. The number of rotatable bonds is 7. The van der Waals surface area contributed by atoms with E-state index < -0.39 is 5.97 Å². The number of ether oxygens (including phenoxy) is 1. The van der Waals surface area contributed by atoms with E-state index in [2.05, 4.69) is 10.3 Å². The van der Waals surface area contributed by atoms with Gasteiger partial charge in [-0.25, -0.2) is 9.78 Å². The third-order valence-corrected chi connectivity index (χ3v) is 2.77. The van der Waals surface area contributed by atoms with Crippen LogP contribution in [0.3, 0.4) is 0 Å². The van der Waals surface area contributed by atoms with Crippen LogP contribution < -0.4 is 5.32 Å². The third-order valence-electron chi connectivity index (χ3n) is 2.77. The van der Waals surface area contributed by atoms with Gasteiger partial charge >= 0.3 is 5.97 Å². The number of imidazole rings is 1. The van der Waals surface area contributed by atoms with Crippen LogP contribution in [-0.4, -0.2) is 40.7 Å². The molecule has 0 saturated heterocycles. The Balaban J connectivity index is 1.98. The Kier molecular flexibility index (Phi) is 4.48. The first kappa shape index (κ1) is 13.5. The molecule has 19 heavy (non-hydrogen) atoms. The first-order chi connectivity index (χ1) is 9.20. The van der Waals surface area contributed by atoms with E-state index in [1.165, 1.54) is 6.20 Å². The fourth-order valence-electron chi connectivity index (χ4n) is 1.81. The molecule has 2 N–H and O–H groups in total. The van der Waals surface area contributed by atoms with Crippen LogP contribution in [-0.2, 0) is 11.3 Å². The molecule has 0 amide bonds. The topological polar surface area (TPSA) is 75.9 Å². The molecule has 6 nitrogen and oxygen atoms in total. The van der Waals surface area contributed by atoms with Gasteiger partial charge in [0.15, 0.2) is 5.69 Å². The summed E-state index contributed by atoms with van der Waals surface area (Å²) < 4.78 is 6.67. The van der Waals surface area contributed by atoms with Crippen molar-refractivity contribution in [3.05, 3.63) is 35.8 Å². The number of pyridine rings is 1. The number of nitrogens with zero attached hydrogens (tertiary/aromatic N) is 2. The minimum atomic E-state index is -1.01.